The molecule has 4 atom stereocenters. The summed E-state index contributed by atoms with van der Waals surface area (Å²) in [5.41, 5.74) is 5.33. The Kier molecular flexibility index (Phi) is 13.0. The van der Waals surface area contributed by atoms with Gasteiger partial charge >= 0.3 is 17.9 Å². The summed E-state index contributed by atoms with van der Waals surface area (Å²) in [5, 5.41) is 34.2. The fourth-order valence-corrected chi connectivity index (χ4v) is 3.37. The molecule has 0 rings (SSSR count). The third-order valence-corrected chi connectivity index (χ3v) is 5.28. The number of carboxylic acids is 3. The molecule has 3 amide bonds. The van der Waals surface area contributed by atoms with E-state index in [1.165, 1.54) is 6.92 Å². The molecule has 32 heavy (non-hydrogen) atoms. The zero-order chi connectivity index (χ0) is 25.0. The second-order valence-corrected chi connectivity index (χ2v) is 8.38. The Hall–Kier alpha value is -2.87. The van der Waals surface area contributed by atoms with Gasteiger partial charge in [0.05, 0.1) is 0 Å². The highest BCUT2D eigenvalue weighted by Gasteiger charge is 2.29. The highest BCUT2D eigenvalue weighted by atomic mass is 32.2. The molecular formula is C18H30N4O9S. The third kappa shape index (κ3) is 11.5. The molecule has 0 bridgehead atoms. The topological polar surface area (TPSA) is 225 Å². The van der Waals surface area contributed by atoms with Crippen LogP contribution in [0.4, 0.5) is 0 Å². The predicted octanol–water partition coefficient (Wildman–Crippen LogP) is -1.79. The number of thioether (sulfide) groups is 1. The first-order valence-corrected chi connectivity index (χ1v) is 10.8. The molecule has 182 valence electrons. The Bertz CT molecular complexity index is 717. The van der Waals surface area contributed by atoms with E-state index in [2.05, 4.69) is 16.0 Å². The van der Waals surface area contributed by atoms with Crippen LogP contribution in [0.3, 0.4) is 0 Å². The van der Waals surface area contributed by atoms with E-state index in [9.17, 15) is 39.0 Å². The molecule has 0 fully saturated rings. The standard InChI is InChI=1S/C18H30N4O9S/c1-8(2)14(20-9(3)23)15(25)22-11(17(28)29)4-5-13(24)21-12(18(30)31)7-32-6-10(19)16(26)27/h8,10-12,14H,4-7,19H2,1-3H3,(H,20,23)(H,21,24)(H,22,25)(H,26,27)(H,28,29)(H,30,31)/t10-,11+,12+,14-/m0/s1. The molecule has 0 aromatic carbocycles. The van der Waals surface area contributed by atoms with Gasteiger partial charge in [-0.25, -0.2) is 9.59 Å². The van der Waals surface area contributed by atoms with Gasteiger partial charge < -0.3 is 37.0 Å². The minimum absolute atomic E-state index is 0.0621. The predicted molar refractivity (Wildman–Crippen MR) is 114 cm³/mol. The molecule has 0 spiro atoms. The van der Waals surface area contributed by atoms with Crippen molar-refractivity contribution in [3.05, 3.63) is 0 Å². The van der Waals surface area contributed by atoms with Crippen molar-refractivity contribution in [1.82, 2.24) is 16.0 Å². The molecule has 0 aliphatic heterocycles. The molecule has 0 heterocycles. The van der Waals surface area contributed by atoms with Crippen LogP contribution in [0.1, 0.15) is 33.6 Å². The van der Waals surface area contributed by atoms with E-state index < -0.39 is 66.2 Å². The van der Waals surface area contributed by atoms with Crippen LogP contribution in [0, 0.1) is 5.92 Å². The molecule has 0 unspecified atom stereocenters. The fraction of sp³-hybridized carbons (Fsp3) is 0.667. The highest BCUT2D eigenvalue weighted by molar-refractivity contribution is 7.99. The molecule has 0 saturated carbocycles. The minimum atomic E-state index is -1.44. The first-order valence-electron chi connectivity index (χ1n) is 9.64. The Morgan fingerprint density at radius 1 is 0.844 bits per heavy atom. The molecule has 8 N–H and O–H groups in total. The van der Waals surface area contributed by atoms with Crippen molar-refractivity contribution < 1.29 is 44.1 Å². The first-order chi connectivity index (χ1) is 14.8. The van der Waals surface area contributed by atoms with Gasteiger partial charge in [0.25, 0.3) is 0 Å². The lowest BCUT2D eigenvalue weighted by atomic mass is 10.0. The summed E-state index contributed by atoms with van der Waals surface area (Å²) in [7, 11) is 0. The van der Waals surface area contributed by atoms with Crippen LogP contribution >= 0.6 is 11.8 Å². The summed E-state index contributed by atoms with van der Waals surface area (Å²) in [4.78, 5) is 69.1. The van der Waals surface area contributed by atoms with Crippen LogP contribution < -0.4 is 21.7 Å². The van der Waals surface area contributed by atoms with Gasteiger partial charge in [0.2, 0.25) is 17.7 Å². The summed E-state index contributed by atoms with van der Waals surface area (Å²) in [6.45, 7) is 4.54. The van der Waals surface area contributed by atoms with Gasteiger partial charge in [-0.15, -0.1) is 0 Å². The third-order valence-electron chi connectivity index (χ3n) is 4.12. The summed E-state index contributed by atoms with van der Waals surface area (Å²) in [6.07, 6.45) is -0.714. The van der Waals surface area contributed by atoms with Crippen LogP contribution in [-0.2, 0) is 28.8 Å². The first kappa shape index (κ1) is 29.1. The van der Waals surface area contributed by atoms with E-state index in [1.807, 2.05) is 0 Å². The number of nitrogens with two attached hydrogens (primary N) is 1. The smallest absolute Gasteiger partial charge is 0.327 e. The molecule has 13 nitrogen and oxygen atoms in total. The second kappa shape index (κ2) is 14.2. The number of amides is 3. The van der Waals surface area contributed by atoms with Crippen molar-refractivity contribution in [3.63, 3.8) is 0 Å². The molecule has 0 radical (unpaired) electrons. The minimum Gasteiger partial charge on any atom is -0.480 e. The summed E-state index contributed by atoms with van der Waals surface area (Å²) >= 11 is 0.929. The molecule has 14 heteroatoms. The van der Waals surface area contributed by atoms with Gasteiger partial charge in [-0.05, 0) is 12.3 Å². The number of nitrogens with one attached hydrogen (secondary N) is 3. The van der Waals surface area contributed by atoms with Crippen molar-refractivity contribution in [2.45, 2.75) is 57.8 Å². The number of carboxylic acid groups (broad SMARTS) is 3. The molecule has 0 aromatic heterocycles. The zero-order valence-electron chi connectivity index (χ0n) is 18.0. The number of aliphatic carboxylic acids is 3. The van der Waals surface area contributed by atoms with Crippen molar-refractivity contribution in [2.75, 3.05) is 11.5 Å². The lowest BCUT2D eigenvalue weighted by Crippen LogP contribution is -2.53. The summed E-state index contributed by atoms with van der Waals surface area (Å²) in [5.74, 6) is -6.47. The Morgan fingerprint density at radius 3 is 1.84 bits per heavy atom. The van der Waals surface area contributed by atoms with Crippen LogP contribution in [0.2, 0.25) is 0 Å². The fourth-order valence-electron chi connectivity index (χ4n) is 2.37. The molecular weight excluding hydrogens is 448 g/mol. The van der Waals surface area contributed by atoms with Crippen molar-refractivity contribution >= 4 is 47.4 Å². The summed E-state index contributed by atoms with van der Waals surface area (Å²) < 4.78 is 0. The van der Waals surface area contributed by atoms with Crippen molar-refractivity contribution in [1.29, 1.82) is 0 Å². The number of carbonyl (C=O) groups excluding carboxylic acids is 3. The van der Waals surface area contributed by atoms with E-state index in [-0.39, 0.29) is 23.8 Å². The van der Waals surface area contributed by atoms with Crippen molar-refractivity contribution in [3.8, 4) is 0 Å². The molecule has 0 aliphatic rings. The van der Waals surface area contributed by atoms with E-state index in [0.717, 1.165) is 11.8 Å². The van der Waals surface area contributed by atoms with Gasteiger partial charge in [0, 0.05) is 24.9 Å². The van der Waals surface area contributed by atoms with Gasteiger partial charge in [-0.1, -0.05) is 13.8 Å². The SMILES string of the molecule is CC(=O)N[C@H](C(=O)N[C@H](CCC(=O)N[C@H](CSC[C@H](N)C(=O)O)C(=O)O)C(=O)O)C(C)C. The van der Waals surface area contributed by atoms with E-state index in [1.54, 1.807) is 13.8 Å². The van der Waals surface area contributed by atoms with Crippen LogP contribution in [-0.4, -0.2) is 86.6 Å². The Balaban J connectivity index is 4.84. The number of hydrogen-bond donors (Lipinski definition) is 7. The number of rotatable bonds is 15. The number of hydrogen-bond acceptors (Lipinski definition) is 8. The van der Waals surface area contributed by atoms with Gasteiger partial charge in [-0.2, -0.15) is 11.8 Å². The van der Waals surface area contributed by atoms with E-state index in [4.69, 9.17) is 10.8 Å². The van der Waals surface area contributed by atoms with E-state index >= 15 is 0 Å². The van der Waals surface area contributed by atoms with Gasteiger partial charge in [0.1, 0.15) is 24.2 Å². The maximum Gasteiger partial charge on any atom is 0.327 e. The maximum atomic E-state index is 12.3. The molecule has 0 saturated heterocycles. The zero-order valence-corrected chi connectivity index (χ0v) is 18.8. The highest BCUT2D eigenvalue weighted by Crippen LogP contribution is 2.08. The van der Waals surface area contributed by atoms with Crippen LogP contribution in [0.15, 0.2) is 0 Å². The number of carbonyl (C=O) groups is 6. The normalized spacial score (nSPS) is 14.5. The van der Waals surface area contributed by atoms with E-state index in [0.29, 0.717) is 0 Å². The Morgan fingerprint density at radius 2 is 1.41 bits per heavy atom. The quantitative estimate of drug-likeness (QED) is 0.139. The molecule has 0 aromatic rings. The monoisotopic (exact) mass is 478 g/mol. The lowest BCUT2D eigenvalue weighted by Gasteiger charge is -2.23. The van der Waals surface area contributed by atoms with Gasteiger partial charge in [-0.3, -0.25) is 19.2 Å². The Labute approximate surface area is 188 Å². The summed E-state index contributed by atoms with van der Waals surface area (Å²) in [6, 6.07) is -4.92. The van der Waals surface area contributed by atoms with Crippen molar-refractivity contribution in [2.24, 2.45) is 11.7 Å². The molecule has 0 aliphatic carbocycles. The largest absolute Gasteiger partial charge is 0.480 e. The van der Waals surface area contributed by atoms with Gasteiger partial charge in [0.15, 0.2) is 0 Å². The van der Waals surface area contributed by atoms with Crippen LogP contribution in [0.5, 0.6) is 0 Å². The maximum absolute atomic E-state index is 12.3. The average Bonchev–Trinajstić information content (AvgIpc) is 2.67. The van der Waals surface area contributed by atoms with Crippen LogP contribution in [0.25, 0.3) is 0 Å². The second-order valence-electron chi connectivity index (χ2n) is 7.30. The lowest BCUT2D eigenvalue weighted by molar-refractivity contribution is -0.143. The average molecular weight is 479 g/mol.